The van der Waals surface area contributed by atoms with Gasteiger partial charge in [0.2, 0.25) is 0 Å². The van der Waals surface area contributed by atoms with Crippen molar-refractivity contribution >= 4 is 17.7 Å². The van der Waals surface area contributed by atoms with Gasteiger partial charge >= 0.3 is 5.97 Å². The number of aromatic carboxylic acids is 1. The molecule has 1 saturated carbocycles. The lowest BCUT2D eigenvalue weighted by Gasteiger charge is -2.47. The molecule has 1 heterocycles. The van der Waals surface area contributed by atoms with Crippen LogP contribution in [0.25, 0.3) is 0 Å². The summed E-state index contributed by atoms with van der Waals surface area (Å²) in [6.45, 7) is 18.9. The number of aliphatic imine (C=N–C) groups is 1. The molecule has 2 aliphatic rings. The third-order valence-corrected chi connectivity index (χ3v) is 8.61. The number of nitrogens with zero attached hydrogens (tertiary/aromatic N) is 3. The first kappa shape index (κ1) is 30.2. The molecule has 0 bridgehead atoms. The van der Waals surface area contributed by atoms with E-state index >= 15 is 0 Å². The van der Waals surface area contributed by atoms with E-state index in [9.17, 15) is 14.7 Å². The van der Waals surface area contributed by atoms with Gasteiger partial charge in [-0.2, -0.15) is 0 Å². The van der Waals surface area contributed by atoms with Crippen molar-refractivity contribution in [2.45, 2.75) is 112 Å². The molecule has 6 nitrogen and oxygen atoms in total. The summed E-state index contributed by atoms with van der Waals surface area (Å²) >= 11 is 0. The molecule has 38 heavy (non-hydrogen) atoms. The fourth-order valence-electron chi connectivity index (χ4n) is 5.99. The van der Waals surface area contributed by atoms with E-state index in [1.165, 1.54) is 0 Å². The van der Waals surface area contributed by atoms with E-state index < -0.39 is 11.6 Å². The molecule has 0 saturated heterocycles. The number of hydrogen-bond donors (Lipinski definition) is 1. The molecule has 1 spiro atoms. The molecule has 0 unspecified atom stereocenters. The molecule has 1 fully saturated rings. The van der Waals surface area contributed by atoms with Crippen molar-refractivity contribution < 1.29 is 14.7 Å². The van der Waals surface area contributed by atoms with Crippen LogP contribution in [0.5, 0.6) is 0 Å². The lowest BCUT2D eigenvalue weighted by molar-refractivity contribution is -0.134. The van der Waals surface area contributed by atoms with Crippen molar-refractivity contribution in [3.63, 3.8) is 0 Å². The number of likely N-dealkylation sites (N-methyl/N-ethyl adjacent to an activating group) is 1. The number of amidine groups is 1. The van der Waals surface area contributed by atoms with Gasteiger partial charge in [-0.15, -0.1) is 0 Å². The number of rotatable bonds is 8. The average Bonchev–Trinajstić information content (AvgIpc) is 3.08. The highest BCUT2D eigenvalue weighted by molar-refractivity contribution is 6.39. The first-order valence-corrected chi connectivity index (χ1v) is 14.5. The minimum Gasteiger partial charge on any atom is -0.478 e. The smallest absolute Gasteiger partial charge is 0.335 e. The number of benzene rings is 1. The molecule has 1 amide bonds. The van der Waals surface area contributed by atoms with Crippen LogP contribution >= 0.6 is 0 Å². The zero-order chi connectivity index (χ0) is 28.5. The van der Waals surface area contributed by atoms with Gasteiger partial charge in [-0.25, -0.2) is 9.79 Å². The minimum atomic E-state index is -0.936. The van der Waals surface area contributed by atoms with Crippen LogP contribution in [0.15, 0.2) is 29.3 Å². The Morgan fingerprint density at radius 1 is 1.08 bits per heavy atom. The molecule has 0 aromatic heterocycles. The summed E-state index contributed by atoms with van der Waals surface area (Å²) in [5.74, 6) is 0.823. The van der Waals surface area contributed by atoms with Gasteiger partial charge in [-0.1, -0.05) is 67.5 Å². The maximum atomic E-state index is 14.3. The zero-order valence-corrected chi connectivity index (χ0v) is 25.3. The Balaban J connectivity index is 2.05. The Hall–Kier alpha value is -2.37. The van der Waals surface area contributed by atoms with E-state index in [1.807, 2.05) is 19.2 Å². The summed E-state index contributed by atoms with van der Waals surface area (Å²) in [6, 6.07) is 6.98. The lowest BCUT2D eigenvalue weighted by atomic mass is 9.69. The molecule has 1 aliphatic carbocycles. The molecule has 3 rings (SSSR count). The maximum Gasteiger partial charge on any atom is 0.335 e. The number of amides is 1. The molecule has 1 N–H and O–H groups in total. The van der Waals surface area contributed by atoms with E-state index in [2.05, 4.69) is 65.2 Å². The predicted molar refractivity (Wildman–Crippen MR) is 155 cm³/mol. The standard InChI is InChI=1S/C32H51N3O3/c1-22(2)17-21-34(9)27-28(36)35(32(33-27)19-14-25(15-20-32)31(6,7)8)26(16-18-30(3,4)5)23-10-12-24(13-11-23)29(37)38/h10-13,22,25-26H,14-21H2,1-9H3,(H,37,38)/t25?,26-,32?/m1/s1. The van der Waals surface area contributed by atoms with Gasteiger partial charge < -0.3 is 14.9 Å². The van der Waals surface area contributed by atoms with E-state index in [0.717, 1.165) is 57.1 Å². The topological polar surface area (TPSA) is 73.2 Å². The van der Waals surface area contributed by atoms with Crippen LogP contribution in [-0.4, -0.2) is 51.9 Å². The zero-order valence-electron chi connectivity index (χ0n) is 25.3. The van der Waals surface area contributed by atoms with E-state index in [-0.39, 0.29) is 28.3 Å². The summed E-state index contributed by atoms with van der Waals surface area (Å²) in [6.07, 6.45) is 6.58. The van der Waals surface area contributed by atoms with Gasteiger partial charge in [0.25, 0.3) is 5.91 Å². The molecule has 1 aliphatic heterocycles. The van der Waals surface area contributed by atoms with Crippen LogP contribution in [0, 0.1) is 22.7 Å². The van der Waals surface area contributed by atoms with Gasteiger partial charge in [0.05, 0.1) is 11.6 Å². The van der Waals surface area contributed by atoms with E-state index in [1.54, 1.807) is 12.1 Å². The van der Waals surface area contributed by atoms with Gasteiger partial charge in [0.1, 0.15) is 5.66 Å². The molecular formula is C32H51N3O3. The third kappa shape index (κ3) is 6.98. The second-order valence-corrected chi connectivity index (χ2v) is 14.4. The Bertz CT molecular complexity index is 1010. The molecular weight excluding hydrogens is 474 g/mol. The second kappa shape index (κ2) is 11.4. The Morgan fingerprint density at radius 3 is 2.13 bits per heavy atom. The number of hydrogen-bond acceptors (Lipinski definition) is 4. The Morgan fingerprint density at radius 2 is 1.66 bits per heavy atom. The summed E-state index contributed by atoms with van der Waals surface area (Å²) < 4.78 is 0. The van der Waals surface area contributed by atoms with Crippen LogP contribution in [0.1, 0.15) is 122 Å². The number of carboxylic acids is 1. The first-order valence-electron chi connectivity index (χ1n) is 14.5. The highest BCUT2D eigenvalue weighted by atomic mass is 16.4. The number of carboxylic acid groups (broad SMARTS) is 1. The minimum absolute atomic E-state index is 0.0201. The van der Waals surface area contributed by atoms with Gasteiger partial charge in [0.15, 0.2) is 5.84 Å². The Labute approximate surface area is 230 Å². The second-order valence-electron chi connectivity index (χ2n) is 14.4. The average molecular weight is 526 g/mol. The number of carbonyl (C=O) groups is 2. The number of carbonyl (C=O) groups excluding carboxylic acids is 1. The quantitative estimate of drug-likeness (QED) is 0.384. The molecule has 1 atom stereocenters. The van der Waals surface area contributed by atoms with Crippen LogP contribution in [-0.2, 0) is 4.79 Å². The van der Waals surface area contributed by atoms with Crippen molar-refractivity contribution in [3.8, 4) is 0 Å². The molecule has 1 aromatic carbocycles. The summed E-state index contributed by atoms with van der Waals surface area (Å²) in [7, 11) is 2.00. The van der Waals surface area contributed by atoms with E-state index in [0.29, 0.717) is 17.7 Å². The maximum absolute atomic E-state index is 14.3. The highest BCUT2D eigenvalue weighted by Gasteiger charge is 2.53. The van der Waals surface area contributed by atoms with Crippen LogP contribution < -0.4 is 0 Å². The fourth-order valence-corrected chi connectivity index (χ4v) is 5.99. The van der Waals surface area contributed by atoms with Crippen molar-refractivity contribution in [2.24, 2.45) is 27.7 Å². The van der Waals surface area contributed by atoms with Crippen LogP contribution in [0.2, 0.25) is 0 Å². The first-order chi connectivity index (χ1) is 17.5. The lowest BCUT2D eigenvalue weighted by Crippen LogP contribution is -2.52. The summed E-state index contributed by atoms with van der Waals surface area (Å²) in [4.78, 5) is 35.3. The normalized spacial score (nSPS) is 23.2. The van der Waals surface area contributed by atoms with Crippen LogP contribution in [0.3, 0.4) is 0 Å². The molecule has 1 aromatic rings. The molecule has 0 radical (unpaired) electrons. The van der Waals surface area contributed by atoms with Crippen LogP contribution in [0.4, 0.5) is 0 Å². The fraction of sp³-hybridized carbons (Fsp3) is 0.719. The van der Waals surface area contributed by atoms with Gasteiger partial charge in [-0.05, 0) is 85.3 Å². The van der Waals surface area contributed by atoms with Crippen molar-refractivity contribution in [3.05, 3.63) is 35.4 Å². The summed E-state index contributed by atoms with van der Waals surface area (Å²) in [5, 5.41) is 9.46. The van der Waals surface area contributed by atoms with Crippen molar-refractivity contribution in [1.29, 1.82) is 0 Å². The summed E-state index contributed by atoms with van der Waals surface area (Å²) in [5.41, 5.74) is 1.05. The highest BCUT2D eigenvalue weighted by Crippen LogP contribution is 2.50. The van der Waals surface area contributed by atoms with Crippen molar-refractivity contribution in [2.75, 3.05) is 13.6 Å². The van der Waals surface area contributed by atoms with E-state index in [4.69, 9.17) is 4.99 Å². The largest absolute Gasteiger partial charge is 0.478 e. The van der Waals surface area contributed by atoms with Gasteiger partial charge in [0, 0.05) is 13.6 Å². The molecule has 6 heteroatoms. The predicted octanol–water partition coefficient (Wildman–Crippen LogP) is 7.40. The SMILES string of the molecule is CC(C)CCN(C)C1=NC2(CCC(C(C)(C)C)CC2)N([C@H](CCC(C)(C)C)c2ccc(C(=O)O)cc2)C1=O. The monoisotopic (exact) mass is 525 g/mol. The molecule has 212 valence electrons. The third-order valence-electron chi connectivity index (χ3n) is 8.61. The Kier molecular flexibility index (Phi) is 9.05. The van der Waals surface area contributed by atoms with Crippen molar-refractivity contribution in [1.82, 2.24) is 9.80 Å². The van der Waals surface area contributed by atoms with Gasteiger partial charge in [-0.3, -0.25) is 4.79 Å².